The quantitative estimate of drug-likeness (QED) is 0.342. The predicted octanol–water partition coefficient (Wildman–Crippen LogP) is 4.46. The molecule has 0 aliphatic carbocycles. The van der Waals surface area contributed by atoms with Crippen molar-refractivity contribution in [1.29, 1.82) is 0 Å². The van der Waals surface area contributed by atoms with Gasteiger partial charge in [-0.1, -0.05) is 48.5 Å². The molecule has 0 aliphatic heterocycles. The van der Waals surface area contributed by atoms with Crippen LogP contribution in [0.15, 0.2) is 66.7 Å². The molecule has 0 atom stereocenters. The largest absolute Gasteiger partial charge is 0.374 e. The summed E-state index contributed by atoms with van der Waals surface area (Å²) in [4.78, 5) is 23.3. The maximum absolute atomic E-state index is 11.6. The van der Waals surface area contributed by atoms with Crippen LogP contribution in [0, 0.1) is 3.57 Å². The summed E-state index contributed by atoms with van der Waals surface area (Å²) in [6.45, 7) is 0. The Labute approximate surface area is 157 Å². The number of hydrogen-bond donors (Lipinski definition) is 2. The molecule has 124 valence electrons. The third-order valence-electron chi connectivity index (χ3n) is 4.12. The highest BCUT2D eigenvalue weighted by Crippen LogP contribution is 2.37. The number of fused-ring (bicyclic) bond motifs is 2. The summed E-state index contributed by atoms with van der Waals surface area (Å²) < 4.78 is 12.7. The Morgan fingerprint density at radius 3 is 2.40 bits per heavy atom. The lowest BCUT2D eigenvalue weighted by molar-refractivity contribution is 0.386. The summed E-state index contributed by atoms with van der Waals surface area (Å²) in [6.07, 6.45) is 0. The molecular formula is C19H13INO3P. The molecule has 1 aromatic heterocycles. The van der Waals surface area contributed by atoms with Gasteiger partial charge in [-0.2, -0.15) is 0 Å². The van der Waals surface area contributed by atoms with Gasteiger partial charge in [0.05, 0.1) is 5.52 Å². The van der Waals surface area contributed by atoms with Gasteiger partial charge < -0.3 is 9.79 Å². The van der Waals surface area contributed by atoms with Gasteiger partial charge in [0.15, 0.2) is 5.44 Å². The Morgan fingerprint density at radius 2 is 1.60 bits per heavy atom. The summed E-state index contributed by atoms with van der Waals surface area (Å²) >= 11 is 2.25. The maximum Gasteiger partial charge on any atom is 0.374 e. The molecule has 4 aromatic rings. The van der Waals surface area contributed by atoms with E-state index in [0.29, 0.717) is 5.52 Å². The van der Waals surface area contributed by atoms with Gasteiger partial charge in [-0.05, 0) is 57.1 Å². The van der Waals surface area contributed by atoms with Crippen LogP contribution in [-0.2, 0) is 4.57 Å². The third-order valence-corrected chi connectivity index (χ3v) is 5.59. The maximum atomic E-state index is 11.6. The van der Waals surface area contributed by atoms with E-state index in [4.69, 9.17) is 0 Å². The Bertz CT molecular complexity index is 1160. The first-order valence-electron chi connectivity index (χ1n) is 7.58. The van der Waals surface area contributed by atoms with Crippen molar-refractivity contribution in [3.63, 3.8) is 0 Å². The number of benzene rings is 3. The van der Waals surface area contributed by atoms with E-state index in [-0.39, 0.29) is 5.44 Å². The molecule has 0 radical (unpaired) electrons. The van der Waals surface area contributed by atoms with E-state index >= 15 is 0 Å². The molecule has 4 nitrogen and oxygen atoms in total. The summed E-state index contributed by atoms with van der Waals surface area (Å²) in [5.41, 5.74) is 2.26. The van der Waals surface area contributed by atoms with E-state index in [1.165, 1.54) is 6.07 Å². The van der Waals surface area contributed by atoms with E-state index < -0.39 is 7.60 Å². The molecule has 6 heteroatoms. The second-order valence-corrected chi connectivity index (χ2v) is 8.56. The van der Waals surface area contributed by atoms with Crippen molar-refractivity contribution in [3.05, 3.63) is 70.3 Å². The van der Waals surface area contributed by atoms with E-state index in [1.54, 1.807) is 6.07 Å². The van der Waals surface area contributed by atoms with Gasteiger partial charge in [0.25, 0.3) is 0 Å². The topological polar surface area (TPSA) is 70.4 Å². The molecular weight excluding hydrogens is 448 g/mol. The Morgan fingerprint density at radius 1 is 0.840 bits per heavy atom. The molecule has 2 N–H and O–H groups in total. The van der Waals surface area contributed by atoms with Gasteiger partial charge in [0, 0.05) is 14.5 Å². The van der Waals surface area contributed by atoms with Gasteiger partial charge in [-0.3, -0.25) is 4.57 Å². The first kappa shape index (κ1) is 16.7. The van der Waals surface area contributed by atoms with Crippen LogP contribution in [0.5, 0.6) is 0 Å². The van der Waals surface area contributed by atoms with E-state index in [2.05, 4.69) is 27.6 Å². The van der Waals surface area contributed by atoms with Crippen molar-refractivity contribution in [1.82, 2.24) is 4.98 Å². The highest BCUT2D eigenvalue weighted by atomic mass is 127. The zero-order valence-corrected chi connectivity index (χ0v) is 16.0. The summed E-state index contributed by atoms with van der Waals surface area (Å²) in [5.74, 6) is 0. The average molecular weight is 461 g/mol. The predicted molar refractivity (Wildman–Crippen MR) is 109 cm³/mol. The average Bonchev–Trinajstić information content (AvgIpc) is 2.59. The normalized spacial score (nSPS) is 12.0. The molecule has 0 unspecified atom stereocenters. The number of aromatic nitrogens is 1. The highest BCUT2D eigenvalue weighted by molar-refractivity contribution is 14.1. The van der Waals surface area contributed by atoms with E-state index in [0.717, 1.165) is 30.9 Å². The fourth-order valence-electron chi connectivity index (χ4n) is 3.02. The van der Waals surface area contributed by atoms with Crippen LogP contribution in [0.25, 0.3) is 32.8 Å². The molecule has 0 aliphatic rings. The lowest BCUT2D eigenvalue weighted by Gasteiger charge is -2.12. The minimum absolute atomic E-state index is 0.206. The lowest BCUT2D eigenvalue weighted by Crippen LogP contribution is -2.09. The number of nitrogens with zero attached hydrogens (tertiary/aromatic N) is 1. The molecule has 3 aromatic carbocycles. The lowest BCUT2D eigenvalue weighted by atomic mass is 9.96. The van der Waals surface area contributed by atoms with Crippen LogP contribution >= 0.6 is 30.2 Å². The molecule has 25 heavy (non-hydrogen) atoms. The van der Waals surface area contributed by atoms with Gasteiger partial charge in [-0.15, -0.1) is 0 Å². The van der Waals surface area contributed by atoms with Crippen LogP contribution in [0.1, 0.15) is 0 Å². The standard InChI is InChI=1S/C19H13INO3P/c20-14-10-13-8-9-18(25(22,23)24)21-19(13)17(11-14)16-7-3-5-12-4-1-2-6-15(12)16/h1-11H,(H2,22,23,24). The second-order valence-electron chi connectivity index (χ2n) is 5.77. The first-order valence-corrected chi connectivity index (χ1v) is 10.3. The summed E-state index contributed by atoms with van der Waals surface area (Å²) in [7, 11) is -4.41. The van der Waals surface area contributed by atoms with Crippen molar-refractivity contribution in [2.45, 2.75) is 0 Å². The zero-order chi connectivity index (χ0) is 17.6. The smallest absolute Gasteiger partial charge is 0.320 e. The molecule has 0 saturated heterocycles. The summed E-state index contributed by atoms with van der Waals surface area (Å²) in [6, 6.07) is 21.2. The SMILES string of the molecule is O=P(O)(O)c1ccc2cc(I)cc(-c3cccc4ccccc34)c2n1. The molecule has 0 fully saturated rings. The van der Waals surface area contributed by atoms with Crippen LogP contribution < -0.4 is 5.44 Å². The van der Waals surface area contributed by atoms with Crippen molar-refractivity contribution >= 4 is 57.3 Å². The zero-order valence-electron chi connectivity index (χ0n) is 12.9. The van der Waals surface area contributed by atoms with Crippen LogP contribution in [0.2, 0.25) is 0 Å². The molecule has 0 saturated carbocycles. The Balaban J connectivity index is 2.11. The monoisotopic (exact) mass is 461 g/mol. The number of rotatable bonds is 2. The fourth-order valence-corrected chi connectivity index (χ4v) is 4.16. The van der Waals surface area contributed by atoms with Gasteiger partial charge in [-0.25, -0.2) is 4.98 Å². The summed E-state index contributed by atoms with van der Waals surface area (Å²) in [5, 5.41) is 3.04. The van der Waals surface area contributed by atoms with Crippen molar-refractivity contribution in [2.24, 2.45) is 0 Å². The van der Waals surface area contributed by atoms with Gasteiger partial charge in [0.2, 0.25) is 0 Å². The minimum atomic E-state index is -4.41. The van der Waals surface area contributed by atoms with Crippen LogP contribution in [0.4, 0.5) is 0 Å². The molecule has 1 heterocycles. The molecule has 0 amide bonds. The highest BCUT2D eigenvalue weighted by Gasteiger charge is 2.20. The Kier molecular flexibility index (Phi) is 4.12. The van der Waals surface area contributed by atoms with E-state index in [1.807, 2.05) is 54.6 Å². The number of hydrogen-bond acceptors (Lipinski definition) is 2. The van der Waals surface area contributed by atoms with Gasteiger partial charge >= 0.3 is 7.60 Å². The fraction of sp³-hybridized carbons (Fsp3) is 0. The number of pyridine rings is 1. The molecule has 4 rings (SSSR count). The molecule has 0 spiro atoms. The van der Waals surface area contributed by atoms with Crippen molar-refractivity contribution in [3.8, 4) is 11.1 Å². The third kappa shape index (κ3) is 3.09. The number of halogens is 1. The van der Waals surface area contributed by atoms with Crippen molar-refractivity contribution < 1.29 is 14.4 Å². The van der Waals surface area contributed by atoms with Crippen LogP contribution in [0.3, 0.4) is 0 Å². The molecule has 0 bridgehead atoms. The van der Waals surface area contributed by atoms with Gasteiger partial charge in [0.1, 0.15) is 0 Å². The van der Waals surface area contributed by atoms with E-state index in [9.17, 15) is 14.4 Å². The van der Waals surface area contributed by atoms with Crippen molar-refractivity contribution in [2.75, 3.05) is 0 Å². The Hall–Kier alpha value is -1.79. The minimum Gasteiger partial charge on any atom is -0.320 e. The first-order chi connectivity index (χ1) is 11.9. The second kappa shape index (κ2) is 6.18. The van der Waals surface area contributed by atoms with Crippen LogP contribution in [-0.4, -0.2) is 14.8 Å².